The summed E-state index contributed by atoms with van der Waals surface area (Å²) < 4.78 is 2.15. The maximum Gasteiger partial charge on any atom is 0.226 e. The molecule has 1 aromatic carbocycles. The van der Waals surface area contributed by atoms with Gasteiger partial charge in [-0.3, -0.25) is 4.57 Å². The van der Waals surface area contributed by atoms with E-state index in [0.29, 0.717) is 0 Å². The fourth-order valence-corrected chi connectivity index (χ4v) is 3.60. The lowest BCUT2D eigenvalue weighted by Crippen LogP contribution is -2.37. The van der Waals surface area contributed by atoms with E-state index in [1.165, 1.54) is 5.56 Å². The van der Waals surface area contributed by atoms with Crippen LogP contribution in [-0.2, 0) is 12.5 Å². The van der Waals surface area contributed by atoms with E-state index in [-0.39, 0.29) is 11.5 Å². The number of hydrogen-bond acceptors (Lipinski definition) is 4. The molecular formula is C17H22N4O. The first-order valence-electron chi connectivity index (χ1n) is 8.09. The van der Waals surface area contributed by atoms with E-state index in [2.05, 4.69) is 57.0 Å². The van der Waals surface area contributed by atoms with Crippen LogP contribution in [0.1, 0.15) is 37.1 Å². The highest BCUT2D eigenvalue weighted by Crippen LogP contribution is 2.52. The van der Waals surface area contributed by atoms with Crippen molar-refractivity contribution in [2.45, 2.75) is 37.2 Å². The first-order valence-corrected chi connectivity index (χ1v) is 8.09. The first-order chi connectivity index (χ1) is 10.7. The minimum absolute atomic E-state index is 0.0521. The Morgan fingerprint density at radius 2 is 1.77 bits per heavy atom. The fourth-order valence-electron chi connectivity index (χ4n) is 3.60. The number of rotatable bonds is 3. The fraction of sp³-hybridized carbons (Fsp3) is 0.529. The Kier molecular flexibility index (Phi) is 3.18. The zero-order valence-corrected chi connectivity index (χ0v) is 12.9. The van der Waals surface area contributed by atoms with Crippen molar-refractivity contribution in [3.8, 4) is 0 Å². The number of aliphatic hydroxyl groups excluding tert-OH is 1. The standard InChI is InChI=1S/C17H22N4O/c1-20-15(17(9-10-17)13-5-3-2-4-6-13)18-19-16(20)21-11-7-14(22)8-12-21/h2-6,14,22H,7-12H2,1H3. The van der Waals surface area contributed by atoms with E-state index in [1.807, 2.05) is 0 Å². The molecule has 5 heteroatoms. The van der Waals surface area contributed by atoms with Gasteiger partial charge in [0.2, 0.25) is 5.95 Å². The molecule has 0 spiro atoms. The molecule has 1 N–H and O–H groups in total. The van der Waals surface area contributed by atoms with Gasteiger partial charge in [0.1, 0.15) is 5.82 Å². The molecule has 4 rings (SSSR count). The highest BCUT2D eigenvalue weighted by molar-refractivity contribution is 5.42. The van der Waals surface area contributed by atoms with Gasteiger partial charge in [-0.25, -0.2) is 0 Å². The zero-order valence-electron chi connectivity index (χ0n) is 12.9. The monoisotopic (exact) mass is 298 g/mol. The lowest BCUT2D eigenvalue weighted by atomic mass is 9.95. The van der Waals surface area contributed by atoms with E-state index in [1.54, 1.807) is 0 Å². The number of anilines is 1. The Balaban J connectivity index is 1.65. The van der Waals surface area contributed by atoms with Crippen LogP contribution in [0, 0.1) is 0 Å². The molecular weight excluding hydrogens is 276 g/mol. The van der Waals surface area contributed by atoms with Gasteiger partial charge >= 0.3 is 0 Å². The van der Waals surface area contributed by atoms with Crippen molar-refractivity contribution < 1.29 is 5.11 Å². The molecule has 0 unspecified atom stereocenters. The second kappa shape index (κ2) is 5.09. The Hall–Kier alpha value is -1.88. The smallest absolute Gasteiger partial charge is 0.226 e. The van der Waals surface area contributed by atoms with E-state index in [9.17, 15) is 5.11 Å². The molecule has 5 nitrogen and oxygen atoms in total. The second-order valence-electron chi connectivity index (χ2n) is 6.55. The van der Waals surface area contributed by atoms with Crippen LogP contribution in [0.4, 0.5) is 5.95 Å². The molecule has 0 amide bonds. The summed E-state index contributed by atoms with van der Waals surface area (Å²) in [6.07, 6.45) is 3.74. The number of nitrogens with zero attached hydrogens (tertiary/aromatic N) is 4. The topological polar surface area (TPSA) is 54.2 Å². The summed E-state index contributed by atoms with van der Waals surface area (Å²) in [5.74, 6) is 2.00. The van der Waals surface area contributed by atoms with Gasteiger partial charge in [-0.05, 0) is 31.2 Å². The summed E-state index contributed by atoms with van der Waals surface area (Å²) in [6, 6.07) is 10.6. The van der Waals surface area contributed by atoms with Gasteiger partial charge in [0, 0.05) is 20.1 Å². The minimum atomic E-state index is -0.164. The number of piperidine rings is 1. The van der Waals surface area contributed by atoms with Crippen molar-refractivity contribution in [1.82, 2.24) is 14.8 Å². The molecule has 0 bridgehead atoms. The Morgan fingerprint density at radius 3 is 2.41 bits per heavy atom. The van der Waals surface area contributed by atoms with Crippen molar-refractivity contribution in [3.63, 3.8) is 0 Å². The normalized spacial score (nSPS) is 21.1. The highest BCUT2D eigenvalue weighted by atomic mass is 16.3. The van der Waals surface area contributed by atoms with Crippen LogP contribution in [0.5, 0.6) is 0 Å². The van der Waals surface area contributed by atoms with E-state index < -0.39 is 0 Å². The quantitative estimate of drug-likeness (QED) is 0.939. The van der Waals surface area contributed by atoms with Gasteiger partial charge in [-0.1, -0.05) is 30.3 Å². The molecule has 116 valence electrons. The Bertz CT molecular complexity index is 655. The summed E-state index contributed by atoms with van der Waals surface area (Å²) in [4.78, 5) is 2.24. The third-order valence-corrected chi connectivity index (χ3v) is 5.10. The van der Waals surface area contributed by atoms with E-state index in [4.69, 9.17) is 0 Å². The number of aromatic nitrogens is 3. The van der Waals surface area contributed by atoms with Crippen molar-refractivity contribution in [2.24, 2.45) is 7.05 Å². The van der Waals surface area contributed by atoms with E-state index in [0.717, 1.165) is 50.5 Å². The summed E-state index contributed by atoms with van der Waals surface area (Å²) in [5.41, 5.74) is 1.39. The average Bonchev–Trinajstić information content (AvgIpc) is 3.27. The molecule has 2 fully saturated rings. The van der Waals surface area contributed by atoms with Crippen molar-refractivity contribution >= 4 is 5.95 Å². The molecule has 1 aliphatic carbocycles. The Morgan fingerprint density at radius 1 is 1.09 bits per heavy atom. The van der Waals surface area contributed by atoms with Gasteiger partial charge in [0.25, 0.3) is 0 Å². The van der Waals surface area contributed by atoms with E-state index >= 15 is 0 Å². The molecule has 1 aliphatic heterocycles. The second-order valence-corrected chi connectivity index (χ2v) is 6.55. The molecule has 1 saturated heterocycles. The van der Waals surface area contributed by atoms with Gasteiger partial charge in [0.05, 0.1) is 11.5 Å². The average molecular weight is 298 g/mol. The summed E-state index contributed by atoms with van der Waals surface area (Å²) >= 11 is 0. The molecule has 2 heterocycles. The third-order valence-electron chi connectivity index (χ3n) is 5.10. The predicted molar refractivity (Wildman–Crippen MR) is 84.9 cm³/mol. The summed E-state index contributed by atoms with van der Waals surface area (Å²) in [6.45, 7) is 1.71. The van der Waals surface area contributed by atoms with Gasteiger partial charge < -0.3 is 10.0 Å². The third kappa shape index (κ3) is 2.11. The Labute approximate surface area is 130 Å². The highest BCUT2D eigenvalue weighted by Gasteiger charge is 2.50. The molecule has 2 aromatic rings. The molecule has 0 atom stereocenters. The number of benzene rings is 1. The van der Waals surface area contributed by atoms with Crippen LogP contribution in [0.2, 0.25) is 0 Å². The van der Waals surface area contributed by atoms with Crippen LogP contribution < -0.4 is 4.90 Å². The van der Waals surface area contributed by atoms with Crippen LogP contribution in [-0.4, -0.2) is 39.1 Å². The maximum absolute atomic E-state index is 9.67. The van der Waals surface area contributed by atoms with Gasteiger partial charge in [0.15, 0.2) is 0 Å². The molecule has 22 heavy (non-hydrogen) atoms. The van der Waals surface area contributed by atoms with Gasteiger partial charge in [-0.15, -0.1) is 10.2 Å². The maximum atomic E-state index is 9.67. The van der Waals surface area contributed by atoms with Crippen LogP contribution in [0.3, 0.4) is 0 Å². The number of aliphatic hydroxyl groups is 1. The zero-order chi connectivity index (χ0) is 15.2. The summed E-state index contributed by atoms with van der Waals surface area (Å²) in [7, 11) is 2.07. The summed E-state index contributed by atoms with van der Waals surface area (Å²) in [5, 5.41) is 18.6. The van der Waals surface area contributed by atoms with Crippen LogP contribution in [0.25, 0.3) is 0 Å². The van der Waals surface area contributed by atoms with Crippen molar-refractivity contribution in [1.29, 1.82) is 0 Å². The predicted octanol–water partition coefficient (Wildman–Crippen LogP) is 1.86. The van der Waals surface area contributed by atoms with Gasteiger partial charge in [-0.2, -0.15) is 0 Å². The largest absolute Gasteiger partial charge is 0.393 e. The lowest BCUT2D eigenvalue weighted by Gasteiger charge is -2.30. The van der Waals surface area contributed by atoms with Crippen LogP contribution in [0.15, 0.2) is 30.3 Å². The van der Waals surface area contributed by atoms with Crippen molar-refractivity contribution in [3.05, 3.63) is 41.7 Å². The van der Waals surface area contributed by atoms with Crippen LogP contribution >= 0.6 is 0 Å². The molecule has 1 saturated carbocycles. The SMILES string of the molecule is Cn1c(N2CCC(O)CC2)nnc1C1(c2ccccc2)CC1. The molecule has 0 radical (unpaired) electrons. The molecule has 2 aliphatic rings. The molecule has 1 aromatic heterocycles. The van der Waals surface area contributed by atoms with Crippen molar-refractivity contribution in [2.75, 3.05) is 18.0 Å². The number of hydrogen-bond donors (Lipinski definition) is 1. The lowest BCUT2D eigenvalue weighted by molar-refractivity contribution is 0.145. The first kappa shape index (κ1) is 13.8. The minimum Gasteiger partial charge on any atom is -0.393 e.